The number of aromatic nitrogens is 2. The van der Waals surface area contributed by atoms with Crippen LogP contribution in [-0.2, 0) is 11.3 Å². The van der Waals surface area contributed by atoms with E-state index in [1.165, 1.54) is 5.56 Å². The molecule has 1 amide bonds. The number of aryl methyl sites for hydroxylation is 2. The summed E-state index contributed by atoms with van der Waals surface area (Å²) in [5.74, 6) is -0.000326. The first kappa shape index (κ1) is 22.9. The van der Waals surface area contributed by atoms with Gasteiger partial charge in [0.25, 0.3) is 0 Å². The van der Waals surface area contributed by atoms with Gasteiger partial charge in [-0.05, 0) is 53.8 Å². The van der Waals surface area contributed by atoms with E-state index in [0.717, 1.165) is 37.6 Å². The summed E-state index contributed by atoms with van der Waals surface area (Å²) in [6, 6.07) is 28.6. The van der Waals surface area contributed by atoms with Gasteiger partial charge >= 0.3 is 0 Å². The van der Waals surface area contributed by atoms with Gasteiger partial charge in [0, 0.05) is 24.7 Å². The zero-order chi connectivity index (χ0) is 24.2. The van der Waals surface area contributed by atoms with Gasteiger partial charge in [0.05, 0.1) is 16.8 Å². The van der Waals surface area contributed by atoms with Gasteiger partial charge in [-0.3, -0.25) is 14.7 Å². The molecule has 0 unspecified atom stereocenters. The van der Waals surface area contributed by atoms with E-state index in [1.54, 1.807) is 17.5 Å². The molecule has 5 heteroatoms. The first-order valence-electron chi connectivity index (χ1n) is 11.8. The lowest BCUT2D eigenvalue weighted by molar-refractivity contribution is -0.119. The minimum absolute atomic E-state index is 0.0417. The van der Waals surface area contributed by atoms with Crippen molar-refractivity contribution in [2.24, 2.45) is 0 Å². The average molecular weight is 478 g/mol. The van der Waals surface area contributed by atoms with Crippen molar-refractivity contribution in [2.45, 2.75) is 32.7 Å². The second kappa shape index (κ2) is 10.2. The van der Waals surface area contributed by atoms with E-state index in [4.69, 9.17) is 4.98 Å². The van der Waals surface area contributed by atoms with E-state index >= 15 is 0 Å². The quantitative estimate of drug-likeness (QED) is 0.252. The van der Waals surface area contributed by atoms with E-state index in [9.17, 15) is 4.79 Å². The number of hydrogen-bond acceptors (Lipinski definition) is 4. The predicted octanol–water partition coefficient (Wildman–Crippen LogP) is 7.06. The van der Waals surface area contributed by atoms with Crippen LogP contribution in [0.25, 0.3) is 10.2 Å². The molecule has 0 bridgehead atoms. The molecule has 0 aliphatic heterocycles. The summed E-state index contributed by atoms with van der Waals surface area (Å²) in [6.07, 6.45) is 3.91. The molecule has 0 N–H and O–H groups in total. The van der Waals surface area contributed by atoms with Crippen LogP contribution >= 0.6 is 11.3 Å². The van der Waals surface area contributed by atoms with Crippen LogP contribution in [0.4, 0.5) is 5.13 Å². The third-order valence-electron chi connectivity index (χ3n) is 6.45. The Morgan fingerprint density at radius 2 is 1.57 bits per heavy atom. The van der Waals surface area contributed by atoms with Crippen LogP contribution < -0.4 is 4.90 Å². The number of amides is 1. The number of anilines is 1. The highest BCUT2D eigenvalue weighted by Gasteiger charge is 2.26. The SMILES string of the molecule is Cc1ccc2sc(N(Cc3cccnc3)C(=O)CC(c3ccccc3)c3ccccc3)nc2c1C. The molecular weight excluding hydrogens is 450 g/mol. The number of thiazole rings is 1. The lowest BCUT2D eigenvalue weighted by Crippen LogP contribution is -2.31. The number of carbonyl (C=O) groups is 1. The third-order valence-corrected chi connectivity index (χ3v) is 7.50. The number of nitrogens with zero attached hydrogens (tertiary/aromatic N) is 3. The molecule has 5 aromatic rings. The number of benzene rings is 3. The lowest BCUT2D eigenvalue weighted by atomic mass is 9.88. The Labute approximate surface area is 209 Å². The van der Waals surface area contributed by atoms with Gasteiger partial charge in [0.15, 0.2) is 5.13 Å². The van der Waals surface area contributed by atoms with Crippen molar-refractivity contribution in [1.29, 1.82) is 0 Å². The molecule has 0 aliphatic carbocycles. The second-order valence-electron chi connectivity index (χ2n) is 8.77. The van der Waals surface area contributed by atoms with Gasteiger partial charge in [0.2, 0.25) is 5.91 Å². The van der Waals surface area contributed by atoms with E-state index in [1.807, 2.05) is 59.6 Å². The first-order chi connectivity index (χ1) is 17.1. The van der Waals surface area contributed by atoms with Crippen LogP contribution in [0.1, 0.15) is 40.2 Å². The fourth-order valence-electron chi connectivity index (χ4n) is 4.35. The Morgan fingerprint density at radius 3 is 2.20 bits per heavy atom. The van der Waals surface area contributed by atoms with Crippen molar-refractivity contribution >= 4 is 32.6 Å². The van der Waals surface area contributed by atoms with E-state index in [0.29, 0.717) is 13.0 Å². The van der Waals surface area contributed by atoms with Crippen LogP contribution in [0.3, 0.4) is 0 Å². The monoisotopic (exact) mass is 477 g/mol. The molecule has 3 aromatic carbocycles. The average Bonchev–Trinajstić information content (AvgIpc) is 3.34. The zero-order valence-corrected chi connectivity index (χ0v) is 20.7. The molecule has 0 atom stereocenters. The molecule has 35 heavy (non-hydrogen) atoms. The van der Waals surface area contributed by atoms with Crippen LogP contribution in [0, 0.1) is 13.8 Å². The number of carbonyl (C=O) groups excluding carboxylic acids is 1. The minimum atomic E-state index is -0.0420. The molecule has 0 saturated heterocycles. The fraction of sp³-hybridized carbons (Fsp3) is 0.167. The topological polar surface area (TPSA) is 46.1 Å². The number of pyridine rings is 1. The van der Waals surface area contributed by atoms with Crippen molar-refractivity contribution in [1.82, 2.24) is 9.97 Å². The summed E-state index contributed by atoms with van der Waals surface area (Å²) < 4.78 is 1.09. The lowest BCUT2D eigenvalue weighted by Gasteiger charge is -2.24. The summed E-state index contributed by atoms with van der Waals surface area (Å²) in [4.78, 5) is 25.0. The zero-order valence-electron chi connectivity index (χ0n) is 19.9. The van der Waals surface area contributed by atoms with Gasteiger partial charge in [-0.15, -0.1) is 0 Å². The number of rotatable bonds is 7. The molecule has 4 nitrogen and oxygen atoms in total. The van der Waals surface area contributed by atoms with Gasteiger partial charge in [0.1, 0.15) is 0 Å². The van der Waals surface area contributed by atoms with Gasteiger partial charge < -0.3 is 0 Å². The van der Waals surface area contributed by atoms with Crippen LogP contribution in [0.5, 0.6) is 0 Å². The molecule has 0 spiro atoms. The van der Waals surface area contributed by atoms with Crippen molar-refractivity contribution in [3.05, 3.63) is 125 Å². The van der Waals surface area contributed by atoms with Crippen molar-refractivity contribution in [3.8, 4) is 0 Å². The summed E-state index contributed by atoms with van der Waals surface area (Å²) in [7, 11) is 0. The minimum Gasteiger partial charge on any atom is -0.284 e. The maximum atomic E-state index is 14.0. The molecule has 0 aliphatic rings. The summed E-state index contributed by atoms with van der Waals surface area (Å²) in [5, 5.41) is 0.724. The van der Waals surface area contributed by atoms with E-state index in [-0.39, 0.29) is 11.8 Å². The molecule has 5 rings (SSSR count). The standard InChI is InChI=1S/C30H27N3OS/c1-21-15-16-27-29(22(21)2)32-30(35-27)33(20-23-10-9-17-31-19-23)28(34)18-26(24-11-5-3-6-12-24)25-13-7-4-8-14-25/h3-17,19,26H,18,20H2,1-2H3. The van der Waals surface area contributed by atoms with Crippen LogP contribution in [-0.4, -0.2) is 15.9 Å². The third kappa shape index (κ3) is 5.00. The predicted molar refractivity (Wildman–Crippen MR) is 144 cm³/mol. The van der Waals surface area contributed by atoms with Gasteiger partial charge in [-0.25, -0.2) is 4.98 Å². The van der Waals surface area contributed by atoms with Crippen molar-refractivity contribution in [3.63, 3.8) is 0 Å². The molecule has 0 radical (unpaired) electrons. The summed E-state index contributed by atoms with van der Waals surface area (Å²) in [5.41, 5.74) is 6.56. The fourth-order valence-corrected chi connectivity index (χ4v) is 5.39. The Kier molecular flexibility index (Phi) is 6.68. The van der Waals surface area contributed by atoms with Crippen LogP contribution in [0.15, 0.2) is 97.3 Å². The molecule has 2 heterocycles. The van der Waals surface area contributed by atoms with E-state index in [2.05, 4.69) is 55.2 Å². The number of fused-ring (bicyclic) bond motifs is 1. The maximum Gasteiger partial charge on any atom is 0.230 e. The largest absolute Gasteiger partial charge is 0.284 e. The maximum absolute atomic E-state index is 14.0. The molecule has 0 saturated carbocycles. The van der Waals surface area contributed by atoms with Gasteiger partial charge in [-0.2, -0.15) is 0 Å². The second-order valence-corrected chi connectivity index (χ2v) is 9.78. The Morgan fingerprint density at radius 1 is 0.886 bits per heavy atom. The highest BCUT2D eigenvalue weighted by atomic mass is 32.1. The Hall–Kier alpha value is -3.83. The molecule has 174 valence electrons. The molecule has 2 aromatic heterocycles. The first-order valence-corrected chi connectivity index (χ1v) is 12.6. The summed E-state index contributed by atoms with van der Waals surface area (Å²) >= 11 is 1.57. The van der Waals surface area contributed by atoms with Crippen molar-refractivity contribution < 1.29 is 4.79 Å². The Bertz CT molecular complexity index is 1390. The highest BCUT2D eigenvalue weighted by molar-refractivity contribution is 7.22. The normalized spacial score (nSPS) is 11.2. The van der Waals surface area contributed by atoms with E-state index < -0.39 is 0 Å². The molecule has 0 fully saturated rings. The van der Waals surface area contributed by atoms with Gasteiger partial charge in [-0.1, -0.05) is 84.1 Å². The molecular formula is C30H27N3OS. The summed E-state index contributed by atoms with van der Waals surface area (Å²) in [6.45, 7) is 4.62. The van der Waals surface area contributed by atoms with Crippen molar-refractivity contribution in [2.75, 3.05) is 4.90 Å². The Balaban J connectivity index is 1.54. The smallest absolute Gasteiger partial charge is 0.230 e. The number of hydrogen-bond donors (Lipinski definition) is 0. The van der Waals surface area contributed by atoms with Crippen LogP contribution in [0.2, 0.25) is 0 Å². The highest BCUT2D eigenvalue weighted by Crippen LogP contribution is 2.35.